The molecule has 2 nitrogen and oxygen atoms in total. The number of hydrogen-bond donors (Lipinski definition) is 1. The second-order valence-electron chi connectivity index (χ2n) is 3.51. The lowest BCUT2D eigenvalue weighted by molar-refractivity contribution is 0.400. The maximum absolute atomic E-state index is 9.06. The Morgan fingerprint density at radius 2 is 2.07 bits per heavy atom. The average Bonchev–Trinajstić information content (AvgIpc) is 2.24. The topological polar surface area (TPSA) is 35.8 Å². The van der Waals surface area contributed by atoms with Gasteiger partial charge in [0, 0.05) is 0 Å². The first-order valence-corrected chi connectivity index (χ1v) is 6.58. The fraction of sp³-hybridized carbons (Fsp3) is 0.909. The van der Waals surface area contributed by atoms with Crippen molar-refractivity contribution in [2.75, 3.05) is 18.6 Å². The molecular formula is C11H22N2S. The van der Waals surface area contributed by atoms with Crippen LogP contribution in [-0.4, -0.2) is 24.1 Å². The Labute approximate surface area is 92.5 Å². The van der Waals surface area contributed by atoms with E-state index in [-0.39, 0.29) is 5.54 Å². The van der Waals surface area contributed by atoms with Gasteiger partial charge >= 0.3 is 0 Å². The summed E-state index contributed by atoms with van der Waals surface area (Å²) in [7, 11) is 1.88. The molecule has 3 heteroatoms. The molecule has 0 rings (SSSR count). The summed E-state index contributed by atoms with van der Waals surface area (Å²) >= 11 is 1.99. The molecule has 0 bridgehead atoms. The number of rotatable bonds is 8. The third-order valence-corrected chi connectivity index (χ3v) is 3.81. The van der Waals surface area contributed by atoms with Crippen LogP contribution in [0.3, 0.4) is 0 Å². The molecule has 0 saturated heterocycles. The van der Waals surface area contributed by atoms with Crippen LogP contribution in [0.5, 0.6) is 0 Å². The predicted octanol–water partition coefficient (Wildman–Crippen LogP) is 2.80. The lowest BCUT2D eigenvalue weighted by Crippen LogP contribution is -2.40. The Balaban J connectivity index is 3.68. The number of nitriles is 1. The number of hydrogen-bond acceptors (Lipinski definition) is 3. The van der Waals surface area contributed by atoms with Gasteiger partial charge in [-0.15, -0.1) is 0 Å². The first kappa shape index (κ1) is 13.8. The molecule has 1 atom stereocenters. The Hall–Kier alpha value is -0.200. The van der Waals surface area contributed by atoms with E-state index in [4.69, 9.17) is 5.26 Å². The maximum atomic E-state index is 9.06. The van der Waals surface area contributed by atoms with E-state index in [0.717, 1.165) is 19.3 Å². The van der Waals surface area contributed by atoms with Gasteiger partial charge < -0.3 is 5.32 Å². The molecule has 0 saturated carbocycles. The van der Waals surface area contributed by atoms with Crippen LogP contribution in [0.25, 0.3) is 0 Å². The second kappa shape index (κ2) is 8.14. The van der Waals surface area contributed by atoms with E-state index in [2.05, 4.69) is 25.2 Å². The van der Waals surface area contributed by atoms with Gasteiger partial charge in [-0.05, 0) is 44.2 Å². The molecule has 0 amide bonds. The molecule has 14 heavy (non-hydrogen) atoms. The summed E-state index contributed by atoms with van der Waals surface area (Å²) in [6, 6.07) is 2.39. The molecule has 0 aliphatic heterocycles. The molecule has 82 valence electrons. The van der Waals surface area contributed by atoms with Crippen LogP contribution in [0.15, 0.2) is 0 Å². The number of nitrogens with zero attached hydrogens (tertiary/aromatic N) is 1. The SMILES string of the molecule is CCCSCCCC(C#N)(CC)NC. The Kier molecular flexibility index (Phi) is 8.02. The van der Waals surface area contributed by atoms with Crippen LogP contribution in [0.1, 0.15) is 39.5 Å². The zero-order valence-electron chi connectivity index (χ0n) is 9.60. The van der Waals surface area contributed by atoms with E-state index < -0.39 is 0 Å². The minimum atomic E-state index is -0.285. The van der Waals surface area contributed by atoms with Crippen LogP contribution in [0.4, 0.5) is 0 Å². The molecule has 1 N–H and O–H groups in total. The molecule has 0 aliphatic rings. The van der Waals surface area contributed by atoms with Gasteiger partial charge in [0.05, 0.1) is 6.07 Å². The van der Waals surface area contributed by atoms with Crippen molar-refractivity contribution >= 4 is 11.8 Å². The van der Waals surface area contributed by atoms with E-state index in [1.807, 2.05) is 18.8 Å². The van der Waals surface area contributed by atoms with Gasteiger partial charge in [-0.2, -0.15) is 17.0 Å². The van der Waals surface area contributed by atoms with Gasteiger partial charge in [0.25, 0.3) is 0 Å². The summed E-state index contributed by atoms with van der Waals surface area (Å²) in [4.78, 5) is 0. The van der Waals surface area contributed by atoms with Crippen molar-refractivity contribution < 1.29 is 0 Å². The molecule has 0 aromatic heterocycles. The third-order valence-electron chi connectivity index (χ3n) is 2.54. The fourth-order valence-corrected chi connectivity index (χ4v) is 2.23. The van der Waals surface area contributed by atoms with Crippen molar-refractivity contribution in [2.45, 2.75) is 45.1 Å². The van der Waals surface area contributed by atoms with E-state index >= 15 is 0 Å². The van der Waals surface area contributed by atoms with Gasteiger partial charge in [-0.3, -0.25) is 0 Å². The van der Waals surface area contributed by atoms with Gasteiger partial charge in [0.2, 0.25) is 0 Å². The summed E-state index contributed by atoms with van der Waals surface area (Å²) in [6.45, 7) is 4.27. The molecule has 0 radical (unpaired) electrons. The van der Waals surface area contributed by atoms with Crippen molar-refractivity contribution in [2.24, 2.45) is 0 Å². The summed E-state index contributed by atoms with van der Waals surface area (Å²) < 4.78 is 0. The predicted molar refractivity (Wildman–Crippen MR) is 64.5 cm³/mol. The maximum Gasteiger partial charge on any atom is 0.106 e. The monoisotopic (exact) mass is 214 g/mol. The molecule has 0 aliphatic carbocycles. The largest absolute Gasteiger partial charge is 0.302 e. The molecule has 0 heterocycles. The van der Waals surface area contributed by atoms with Gasteiger partial charge in [0.15, 0.2) is 0 Å². The highest BCUT2D eigenvalue weighted by atomic mass is 32.2. The van der Waals surface area contributed by atoms with Crippen molar-refractivity contribution in [1.29, 1.82) is 5.26 Å². The summed E-state index contributed by atoms with van der Waals surface area (Å²) in [5, 5.41) is 12.2. The van der Waals surface area contributed by atoms with Crippen LogP contribution < -0.4 is 5.32 Å². The fourth-order valence-electron chi connectivity index (χ4n) is 1.39. The van der Waals surface area contributed by atoms with Crippen LogP contribution in [0.2, 0.25) is 0 Å². The molecule has 0 aromatic rings. The van der Waals surface area contributed by atoms with Gasteiger partial charge in [0.1, 0.15) is 5.54 Å². The van der Waals surface area contributed by atoms with E-state index in [9.17, 15) is 0 Å². The van der Waals surface area contributed by atoms with Crippen LogP contribution in [0, 0.1) is 11.3 Å². The minimum Gasteiger partial charge on any atom is -0.302 e. The lowest BCUT2D eigenvalue weighted by atomic mass is 9.93. The van der Waals surface area contributed by atoms with Gasteiger partial charge in [-0.1, -0.05) is 13.8 Å². The van der Waals surface area contributed by atoms with Crippen molar-refractivity contribution in [3.05, 3.63) is 0 Å². The van der Waals surface area contributed by atoms with Crippen LogP contribution in [-0.2, 0) is 0 Å². The van der Waals surface area contributed by atoms with Crippen molar-refractivity contribution in [3.8, 4) is 6.07 Å². The summed E-state index contributed by atoms with van der Waals surface area (Å²) in [5.74, 6) is 2.42. The Bertz CT molecular complexity index is 171. The minimum absolute atomic E-state index is 0.285. The molecule has 0 aromatic carbocycles. The highest BCUT2D eigenvalue weighted by Gasteiger charge is 2.24. The second-order valence-corrected chi connectivity index (χ2v) is 4.74. The van der Waals surface area contributed by atoms with E-state index in [1.54, 1.807) is 0 Å². The quantitative estimate of drug-likeness (QED) is 0.631. The number of nitrogens with one attached hydrogen (secondary N) is 1. The number of thioether (sulfide) groups is 1. The molecule has 0 spiro atoms. The zero-order chi connectivity index (χ0) is 10.9. The average molecular weight is 214 g/mol. The summed E-state index contributed by atoms with van der Waals surface area (Å²) in [5.41, 5.74) is -0.285. The zero-order valence-corrected chi connectivity index (χ0v) is 10.4. The highest BCUT2D eigenvalue weighted by Crippen LogP contribution is 2.18. The molecule has 1 unspecified atom stereocenters. The standard InChI is InChI=1S/C11H22N2S/c1-4-8-14-9-6-7-11(5-2,10-12)13-3/h13H,4-9H2,1-3H3. The normalized spacial score (nSPS) is 14.7. The van der Waals surface area contributed by atoms with Crippen LogP contribution >= 0.6 is 11.8 Å². The van der Waals surface area contributed by atoms with E-state index in [1.165, 1.54) is 17.9 Å². The lowest BCUT2D eigenvalue weighted by Gasteiger charge is -2.24. The molecule has 0 fully saturated rings. The van der Waals surface area contributed by atoms with Gasteiger partial charge in [-0.25, -0.2) is 0 Å². The molecular weight excluding hydrogens is 192 g/mol. The third kappa shape index (κ3) is 4.88. The summed E-state index contributed by atoms with van der Waals surface area (Å²) in [6.07, 6.45) is 4.23. The first-order chi connectivity index (χ1) is 6.74. The first-order valence-electron chi connectivity index (χ1n) is 5.42. The van der Waals surface area contributed by atoms with Crippen molar-refractivity contribution in [1.82, 2.24) is 5.32 Å². The van der Waals surface area contributed by atoms with E-state index in [0.29, 0.717) is 0 Å². The van der Waals surface area contributed by atoms with Crippen molar-refractivity contribution in [3.63, 3.8) is 0 Å². The highest BCUT2D eigenvalue weighted by molar-refractivity contribution is 7.99. The smallest absolute Gasteiger partial charge is 0.106 e. The Morgan fingerprint density at radius 3 is 2.50 bits per heavy atom. The Morgan fingerprint density at radius 1 is 1.36 bits per heavy atom.